The second-order valence-corrected chi connectivity index (χ2v) is 4.67. The molecule has 0 aromatic heterocycles. The van der Waals surface area contributed by atoms with Crippen LogP contribution in [0.15, 0.2) is 30.3 Å². The Labute approximate surface area is 122 Å². The summed E-state index contributed by atoms with van der Waals surface area (Å²) in [4.78, 5) is 0. The van der Waals surface area contributed by atoms with Gasteiger partial charge in [-0.15, -0.1) is 12.4 Å². The molecule has 1 aromatic rings. The molecule has 0 aliphatic carbocycles. The summed E-state index contributed by atoms with van der Waals surface area (Å²) in [6.07, 6.45) is 5.85. The Kier molecular flexibility index (Phi) is 11.4. The SMILES string of the molecule is Cl.NC(CS)CCCCCCOc1ccccc1. The van der Waals surface area contributed by atoms with Gasteiger partial charge in [0.05, 0.1) is 6.61 Å². The molecule has 0 spiro atoms. The number of nitrogens with two attached hydrogens (primary N) is 1. The standard InChI is InChI=1S/C14H23NOS.ClH/c15-13(12-17)8-4-1-2-7-11-16-14-9-5-3-6-10-14;/h3,5-6,9-10,13,17H,1-2,4,7-8,11-12,15H2;1H. The summed E-state index contributed by atoms with van der Waals surface area (Å²) < 4.78 is 5.62. The van der Waals surface area contributed by atoms with Crippen molar-refractivity contribution < 1.29 is 4.74 Å². The van der Waals surface area contributed by atoms with E-state index < -0.39 is 0 Å². The van der Waals surface area contributed by atoms with Gasteiger partial charge >= 0.3 is 0 Å². The first-order valence-corrected chi connectivity index (χ1v) is 7.00. The van der Waals surface area contributed by atoms with E-state index in [1.807, 2.05) is 30.3 Å². The quantitative estimate of drug-likeness (QED) is 0.537. The number of unbranched alkanes of at least 4 members (excludes halogenated alkanes) is 3. The lowest BCUT2D eigenvalue weighted by Gasteiger charge is -2.08. The Morgan fingerprint density at radius 1 is 1.06 bits per heavy atom. The Balaban J connectivity index is 0.00000289. The van der Waals surface area contributed by atoms with Gasteiger partial charge in [-0.3, -0.25) is 0 Å². The fourth-order valence-corrected chi connectivity index (χ4v) is 1.84. The summed E-state index contributed by atoms with van der Waals surface area (Å²) in [5, 5.41) is 0. The van der Waals surface area contributed by atoms with E-state index in [-0.39, 0.29) is 18.4 Å². The molecule has 0 aliphatic rings. The van der Waals surface area contributed by atoms with Gasteiger partial charge < -0.3 is 10.5 Å². The molecule has 0 aliphatic heterocycles. The maximum Gasteiger partial charge on any atom is 0.119 e. The third-order valence-corrected chi connectivity index (χ3v) is 3.18. The van der Waals surface area contributed by atoms with Crippen LogP contribution in [0.2, 0.25) is 0 Å². The number of para-hydroxylation sites is 1. The Morgan fingerprint density at radius 2 is 1.72 bits per heavy atom. The minimum atomic E-state index is 0. The van der Waals surface area contributed by atoms with Crippen molar-refractivity contribution in [2.45, 2.75) is 38.1 Å². The molecule has 0 fully saturated rings. The summed E-state index contributed by atoms with van der Waals surface area (Å²) in [7, 11) is 0. The van der Waals surface area contributed by atoms with Crippen molar-refractivity contribution in [2.24, 2.45) is 5.73 Å². The van der Waals surface area contributed by atoms with Crippen molar-refractivity contribution in [1.29, 1.82) is 0 Å². The van der Waals surface area contributed by atoms with E-state index in [1.165, 1.54) is 19.3 Å². The highest BCUT2D eigenvalue weighted by molar-refractivity contribution is 7.80. The third kappa shape index (κ3) is 8.67. The van der Waals surface area contributed by atoms with Crippen molar-refractivity contribution in [3.8, 4) is 5.75 Å². The normalized spacial score (nSPS) is 11.7. The Hall–Kier alpha value is -0.380. The smallest absolute Gasteiger partial charge is 0.119 e. The van der Waals surface area contributed by atoms with Crippen LogP contribution in [0.25, 0.3) is 0 Å². The van der Waals surface area contributed by atoms with Crippen molar-refractivity contribution in [1.82, 2.24) is 0 Å². The Morgan fingerprint density at radius 3 is 2.39 bits per heavy atom. The first-order chi connectivity index (χ1) is 8.33. The van der Waals surface area contributed by atoms with Gasteiger partial charge in [-0.25, -0.2) is 0 Å². The highest BCUT2D eigenvalue weighted by Crippen LogP contribution is 2.10. The van der Waals surface area contributed by atoms with Crippen LogP contribution in [0.3, 0.4) is 0 Å². The third-order valence-electron chi connectivity index (χ3n) is 2.72. The average Bonchev–Trinajstić information content (AvgIpc) is 2.38. The lowest BCUT2D eigenvalue weighted by molar-refractivity contribution is 0.304. The van der Waals surface area contributed by atoms with Crippen LogP contribution < -0.4 is 10.5 Å². The lowest BCUT2D eigenvalue weighted by Crippen LogP contribution is -2.21. The zero-order valence-electron chi connectivity index (χ0n) is 10.8. The molecule has 1 aromatic carbocycles. The maximum absolute atomic E-state index is 5.79. The molecule has 1 rings (SSSR count). The van der Waals surface area contributed by atoms with E-state index in [0.29, 0.717) is 0 Å². The van der Waals surface area contributed by atoms with Gasteiger partial charge in [-0.1, -0.05) is 37.5 Å². The maximum atomic E-state index is 5.79. The molecule has 0 radical (unpaired) electrons. The number of hydrogen-bond acceptors (Lipinski definition) is 3. The van der Waals surface area contributed by atoms with Crippen LogP contribution in [0.5, 0.6) is 5.75 Å². The van der Waals surface area contributed by atoms with Crippen LogP contribution in [0.1, 0.15) is 32.1 Å². The highest BCUT2D eigenvalue weighted by atomic mass is 35.5. The molecule has 104 valence electrons. The van der Waals surface area contributed by atoms with Crippen LogP contribution in [-0.4, -0.2) is 18.4 Å². The molecule has 0 saturated carbocycles. The van der Waals surface area contributed by atoms with E-state index >= 15 is 0 Å². The van der Waals surface area contributed by atoms with Crippen LogP contribution in [0, 0.1) is 0 Å². The van der Waals surface area contributed by atoms with Crippen LogP contribution in [-0.2, 0) is 0 Å². The second kappa shape index (κ2) is 11.7. The first kappa shape index (κ1) is 17.6. The van der Waals surface area contributed by atoms with Crippen molar-refractivity contribution in [2.75, 3.05) is 12.4 Å². The predicted molar refractivity (Wildman–Crippen MR) is 84.1 cm³/mol. The minimum absolute atomic E-state index is 0. The molecule has 0 bridgehead atoms. The number of ether oxygens (including phenoxy) is 1. The minimum Gasteiger partial charge on any atom is -0.494 e. The molecule has 2 N–H and O–H groups in total. The average molecular weight is 290 g/mol. The van der Waals surface area contributed by atoms with Crippen molar-refractivity contribution in [3.63, 3.8) is 0 Å². The van der Waals surface area contributed by atoms with Crippen molar-refractivity contribution >= 4 is 25.0 Å². The van der Waals surface area contributed by atoms with E-state index in [2.05, 4.69) is 12.6 Å². The summed E-state index contributed by atoms with van der Waals surface area (Å²) in [6, 6.07) is 10.2. The van der Waals surface area contributed by atoms with Gasteiger partial charge in [0.25, 0.3) is 0 Å². The summed E-state index contributed by atoms with van der Waals surface area (Å²) in [5.41, 5.74) is 5.79. The number of rotatable bonds is 9. The molecule has 1 atom stereocenters. The number of halogens is 1. The lowest BCUT2D eigenvalue weighted by atomic mass is 10.1. The number of benzene rings is 1. The van der Waals surface area contributed by atoms with E-state index in [1.54, 1.807) is 0 Å². The first-order valence-electron chi connectivity index (χ1n) is 6.37. The van der Waals surface area contributed by atoms with Gasteiger partial charge in [-0.2, -0.15) is 12.6 Å². The molecular weight excluding hydrogens is 266 g/mol. The van der Waals surface area contributed by atoms with Crippen LogP contribution in [0.4, 0.5) is 0 Å². The number of hydrogen-bond donors (Lipinski definition) is 2. The van der Waals surface area contributed by atoms with Gasteiger partial charge in [0, 0.05) is 11.8 Å². The highest BCUT2D eigenvalue weighted by Gasteiger charge is 1.98. The van der Waals surface area contributed by atoms with E-state index in [9.17, 15) is 0 Å². The largest absolute Gasteiger partial charge is 0.494 e. The molecular formula is C14H24ClNOS. The fourth-order valence-electron chi connectivity index (χ4n) is 1.66. The van der Waals surface area contributed by atoms with Gasteiger partial charge in [0.1, 0.15) is 5.75 Å². The van der Waals surface area contributed by atoms with Crippen LogP contribution >= 0.6 is 25.0 Å². The van der Waals surface area contributed by atoms with E-state index in [0.717, 1.165) is 31.0 Å². The predicted octanol–water partition coefficient (Wildman–Crippen LogP) is 3.69. The zero-order valence-corrected chi connectivity index (χ0v) is 12.5. The Bertz CT molecular complexity index is 284. The number of thiol groups is 1. The molecule has 1 unspecified atom stereocenters. The zero-order chi connectivity index (χ0) is 12.3. The summed E-state index contributed by atoms with van der Waals surface area (Å²) in [5.74, 6) is 1.75. The topological polar surface area (TPSA) is 35.2 Å². The van der Waals surface area contributed by atoms with Gasteiger partial charge in [0.15, 0.2) is 0 Å². The van der Waals surface area contributed by atoms with Gasteiger partial charge in [-0.05, 0) is 25.0 Å². The molecule has 0 heterocycles. The molecule has 0 amide bonds. The summed E-state index contributed by atoms with van der Waals surface area (Å²) >= 11 is 4.17. The van der Waals surface area contributed by atoms with E-state index in [4.69, 9.17) is 10.5 Å². The molecule has 0 saturated heterocycles. The molecule has 2 nitrogen and oxygen atoms in total. The molecule has 4 heteroatoms. The summed E-state index contributed by atoms with van der Waals surface area (Å²) in [6.45, 7) is 0.808. The monoisotopic (exact) mass is 289 g/mol. The van der Waals surface area contributed by atoms with Gasteiger partial charge in [0.2, 0.25) is 0 Å². The second-order valence-electron chi connectivity index (χ2n) is 4.31. The fraction of sp³-hybridized carbons (Fsp3) is 0.571. The van der Waals surface area contributed by atoms with Crippen molar-refractivity contribution in [3.05, 3.63) is 30.3 Å². The molecule has 18 heavy (non-hydrogen) atoms.